The molecule has 66 heteroatoms. The Bertz CT molecular complexity index is 7200. The summed E-state index contributed by atoms with van der Waals surface area (Å²) >= 11 is 0. The number of phosphoric acid groups is 5. The van der Waals surface area contributed by atoms with E-state index in [4.69, 9.17) is 105 Å². The van der Waals surface area contributed by atoms with Gasteiger partial charge in [0.1, 0.15) is 164 Å². The van der Waals surface area contributed by atoms with Crippen LogP contribution < -0.4 is 60.4 Å². The monoisotopic (exact) mass is 2120 g/mol. The number of nitrogens with two attached hydrogens (primary N) is 3. The Balaban J connectivity index is 0.483. The number of nitrogen functional groups attached to an aromatic ring is 3. The molecular weight excluding hydrogens is 2030 g/mol. The highest BCUT2D eigenvalue weighted by molar-refractivity contribution is 7.48. The van der Waals surface area contributed by atoms with E-state index in [0.717, 1.165) is 66.2 Å². The van der Waals surface area contributed by atoms with Gasteiger partial charge < -0.3 is 110 Å². The van der Waals surface area contributed by atoms with E-state index in [0.29, 0.717) is 17.1 Å². The highest BCUT2D eigenvalue weighted by atomic mass is 31.2. The van der Waals surface area contributed by atoms with Gasteiger partial charge in [-0.1, -0.05) is 36.4 Å². The summed E-state index contributed by atoms with van der Waals surface area (Å²) in [6.07, 6.45) is -20.4. The lowest BCUT2D eigenvalue weighted by molar-refractivity contribution is -0.0706. The average molecular weight is 2120 g/mol. The summed E-state index contributed by atoms with van der Waals surface area (Å²) in [6, 6.07) is 13.4. The molecule has 144 heavy (non-hydrogen) atoms. The molecule has 9 aromatic heterocycles. The number of nitrogens with zero attached hydrogens (tertiary/aromatic N) is 15. The molecule has 0 bridgehead atoms. The van der Waals surface area contributed by atoms with Gasteiger partial charge in [-0.25, -0.2) is 82.1 Å². The van der Waals surface area contributed by atoms with Crippen LogP contribution in [0.2, 0.25) is 0 Å². The summed E-state index contributed by atoms with van der Waals surface area (Å²) in [5.41, 5.74) is 15.2. The summed E-state index contributed by atoms with van der Waals surface area (Å²) in [7, 11) is -26.8. The van der Waals surface area contributed by atoms with E-state index in [-0.39, 0.29) is 100 Å². The molecule has 0 aliphatic carbocycles. The summed E-state index contributed by atoms with van der Waals surface area (Å²) < 4.78 is 184. The molecule has 26 atom stereocenters. The number of aromatic nitrogens is 18. The highest BCUT2D eigenvalue weighted by Crippen LogP contribution is 2.56. The lowest BCUT2D eigenvalue weighted by Gasteiger charge is -2.26. The molecule has 15 heterocycles. The number of aromatic amines is 3. The Morgan fingerprint density at radius 2 is 0.715 bits per heavy atom. The van der Waals surface area contributed by atoms with Crippen molar-refractivity contribution < 1.29 is 161 Å². The maximum Gasteiger partial charge on any atom is 0.472 e. The first-order valence-corrected chi connectivity index (χ1v) is 51.0. The molecule has 19 N–H and O–H groups in total. The zero-order valence-corrected chi connectivity index (χ0v) is 79.7. The van der Waals surface area contributed by atoms with Gasteiger partial charge in [-0.05, 0) is 56.2 Å². The normalized spacial score (nSPS) is 28.2. The Hall–Kier alpha value is -11.1. The standard InChI is InChI=1S/C78H94N21O40P5/c1-36-21-94(76(108)91-70(36)105)52-18-43(47(131-52)25-126-142(115,116)137-45-20-54(96-23-38(3)72(107)93-78(96)110)132-48(45)26-127-141(113,114)136-44-19-53(130-46(44)24-100)95-22-37(2)71(106)92-77(95)109)123-15-14-121-41-10-6-39(7-11-41)4-5-40-8-12-42(13-9-40)122-16-17-124-140(111,112)125-28-50-62(60(103)74(134-50)98-34-89-56-65(80)83-31-86-68(56)98)139-144(119,120)129-29-51-63(61(104)75(135-51)99-35-90-57-66(81)84-32-87-69(57)99)138-143(117,118)128-27-49-58(101)59(102)73(133-49)97-33-88-55-64(79)82-30-85-67(55)97/h4-13,21-23,30-35,43-54,58-63,73-75,100-104H,14-20,24-29H2,1-3H3,(H,111,112)(H,113,114)(H,115,116)(H,117,118)(H,119,120)(H2,79,82,85)(H2,80,83,86)(H2,81,84,87)(H,91,105,108)(H,92,106,109)(H,93,107,110)/b5-4+/t43-,44-,45-,46+,47+,48+,49+,50+,51+,52+,53+,54+,58+,59+,60+,61+,62+,63+,73+,74+,75+/m0/s1. The Kier molecular flexibility index (Phi) is 31.3. The number of aliphatic hydroxyl groups excluding tert-OH is 5. The molecule has 0 spiro atoms. The second-order valence-electron chi connectivity index (χ2n) is 33.3. The van der Waals surface area contributed by atoms with Gasteiger partial charge in [0.05, 0.1) is 77.9 Å². The van der Waals surface area contributed by atoms with E-state index in [9.17, 15) is 102 Å². The van der Waals surface area contributed by atoms with Crippen LogP contribution in [0.1, 0.15) is 84.4 Å². The number of rotatable bonds is 42. The summed E-state index contributed by atoms with van der Waals surface area (Å²) in [5.74, 6) is 0.481. The van der Waals surface area contributed by atoms with Crippen molar-refractivity contribution >= 4 is 102 Å². The molecule has 776 valence electrons. The fourth-order valence-corrected chi connectivity index (χ4v) is 21.0. The summed E-state index contributed by atoms with van der Waals surface area (Å²) in [4.78, 5) is 175. The number of ether oxygens (including phenoxy) is 9. The third-order valence-electron chi connectivity index (χ3n) is 23.6. The number of anilines is 3. The SMILES string of the molecule is Cc1cn([C@H]2C[C@H](OCCOc3ccc(/C=C/c4ccc(OCCOP(=O)(O)OC[C@H]5O[C@@H](n6cnc7c(N)ncnc76)[C@H](O)[C@@H]5OP(=O)(O)OC[C@H]5O[C@@H](n6cnc7c(N)ncnc76)[C@H](O)[C@@H]5OP(=O)(O)OC[C@H]5O[C@@H](n6cnc7c(N)ncnc76)[C@H](O)[C@@H]5O)cc4)cc3)[C@@H](COP(=O)(O)O[C@H]3C[C@H](n4cc(C)c(=O)[nH]c4=O)O[C@@H]3COP(=O)(O)O[C@H]3C[C@H](n4cc(C)c(=O)[nH]c4=O)O[C@@H]3CO)O2)c(=O)[nH]c1=O. The second kappa shape index (κ2) is 43.2. The van der Waals surface area contributed by atoms with Crippen molar-refractivity contribution in [3.8, 4) is 11.5 Å². The summed E-state index contributed by atoms with van der Waals surface area (Å²) in [5, 5.41) is 56.0. The highest BCUT2D eigenvalue weighted by Gasteiger charge is 2.55. The first-order valence-electron chi connectivity index (χ1n) is 43.5. The molecule has 11 aromatic rings. The van der Waals surface area contributed by atoms with Gasteiger partial charge in [0.2, 0.25) is 0 Å². The molecule has 2 aromatic carbocycles. The predicted molar refractivity (Wildman–Crippen MR) is 483 cm³/mol. The number of benzene rings is 2. The molecule has 0 radical (unpaired) electrons. The number of H-pyrrole nitrogens is 3. The first-order chi connectivity index (χ1) is 68.5. The van der Waals surface area contributed by atoms with E-state index < -0.39 is 254 Å². The zero-order valence-electron chi connectivity index (χ0n) is 75.2. The molecular formula is C78H94N21O40P5. The third-order valence-corrected chi connectivity index (χ3v) is 28.6. The molecule has 6 aliphatic heterocycles. The fraction of sp³-hybridized carbons (Fsp3) is 0.474. The molecule has 6 aliphatic rings. The van der Waals surface area contributed by atoms with Gasteiger partial charge in [0.25, 0.3) is 16.7 Å². The molecule has 6 fully saturated rings. The quantitative estimate of drug-likeness (QED) is 0.0124. The van der Waals surface area contributed by atoms with Gasteiger partial charge in [0, 0.05) is 54.5 Å². The number of nitrogens with one attached hydrogen (secondary N) is 3. The van der Waals surface area contributed by atoms with Gasteiger partial charge >= 0.3 is 56.2 Å². The number of hydrogen-bond acceptors (Lipinski definition) is 47. The predicted octanol–water partition coefficient (Wildman–Crippen LogP) is -1.03. The number of fused-ring (bicyclic) bond motifs is 3. The van der Waals surface area contributed by atoms with Gasteiger partial charge in [-0.3, -0.25) is 102 Å². The van der Waals surface area contributed by atoms with E-state index >= 15 is 0 Å². The minimum Gasteiger partial charge on any atom is -0.491 e. The van der Waals surface area contributed by atoms with Crippen molar-refractivity contribution in [3.63, 3.8) is 0 Å². The largest absolute Gasteiger partial charge is 0.491 e. The number of aliphatic hydroxyl groups is 5. The van der Waals surface area contributed by atoms with Gasteiger partial charge in [-0.2, -0.15) is 0 Å². The molecule has 0 saturated carbocycles. The number of phosphoric ester groups is 5. The maximum atomic E-state index is 14.3. The summed E-state index contributed by atoms with van der Waals surface area (Å²) in [6.45, 7) is -2.50. The van der Waals surface area contributed by atoms with E-state index in [1.807, 2.05) is 0 Å². The van der Waals surface area contributed by atoms with E-state index in [1.54, 1.807) is 60.7 Å². The number of aryl methyl sites for hydroxylation is 3. The van der Waals surface area contributed by atoms with Crippen molar-refractivity contribution in [1.29, 1.82) is 0 Å². The van der Waals surface area contributed by atoms with Crippen LogP contribution in [-0.2, 0) is 101 Å². The number of hydrogen-bond donors (Lipinski definition) is 16. The minimum atomic E-state index is -5.65. The minimum absolute atomic E-state index is 0.0105. The topological polar surface area (TPSA) is 836 Å². The van der Waals surface area contributed by atoms with Gasteiger partial charge in [-0.15, -0.1) is 0 Å². The van der Waals surface area contributed by atoms with Crippen LogP contribution >= 0.6 is 39.1 Å². The fourth-order valence-electron chi connectivity index (χ4n) is 16.4. The Labute approximate surface area is 805 Å². The van der Waals surface area contributed by atoms with Crippen molar-refractivity contribution in [1.82, 2.24) is 87.2 Å². The van der Waals surface area contributed by atoms with Crippen LogP contribution in [0.25, 0.3) is 45.6 Å². The Morgan fingerprint density at radius 1 is 0.382 bits per heavy atom. The van der Waals surface area contributed by atoms with Crippen LogP contribution in [0.4, 0.5) is 17.5 Å². The average Bonchev–Trinajstić information content (AvgIpc) is 1.61. The number of imidazole rings is 3. The lowest BCUT2D eigenvalue weighted by atomic mass is 10.1. The first kappa shape index (κ1) is 104. The van der Waals surface area contributed by atoms with E-state index in [2.05, 4.69) is 59.8 Å². The molecule has 5 unspecified atom stereocenters. The molecule has 17 rings (SSSR count). The van der Waals surface area contributed by atoms with E-state index in [1.165, 1.54) is 44.1 Å². The van der Waals surface area contributed by atoms with Crippen molar-refractivity contribution in [2.45, 2.75) is 169 Å². The molecule has 0 amide bonds. The van der Waals surface area contributed by atoms with Gasteiger partial charge in [0.15, 0.2) is 53.1 Å². The van der Waals surface area contributed by atoms with Crippen LogP contribution in [0, 0.1) is 20.8 Å². The van der Waals surface area contributed by atoms with Crippen molar-refractivity contribution in [3.05, 3.63) is 195 Å². The maximum absolute atomic E-state index is 14.3. The van der Waals surface area contributed by atoms with Crippen LogP contribution in [0.3, 0.4) is 0 Å². The third kappa shape index (κ3) is 23.6. The molecule has 6 saturated heterocycles. The lowest BCUT2D eigenvalue weighted by Crippen LogP contribution is -2.38. The molecule has 61 nitrogen and oxygen atoms in total. The smallest absolute Gasteiger partial charge is 0.472 e. The Morgan fingerprint density at radius 3 is 1.12 bits per heavy atom. The zero-order chi connectivity index (χ0) is 102. The van der Waals surface area contributed by atoms with Crippen LogP contribution in [-0.4, -0.2) is 295 Å². The van der Waals surface area contributed by atoms with Crippen LogP contribution in [0.15, 0.2) is 134 Å². The van der Waals surface area contributed by atoms with Crippen molar-refractivity contribution in [2.75, 3.05) is 83.3 Å². The second-order valence-corrected chi connectivity index (χ2v) is 40.4. The van der Waals surface area contributed by atoms with Crippen molar-refractivity contribution in [2.24, 2.45) is 0 Å². The van der Waals surface area contributed by atoms with Crippen LogP contribution in [0.5, 0.6) is 11.5 Å².